The average molecular weight is 407 g/mol. The van der Waals surface area contributed by atoms with Crippen molar-refractivity contribution in [2.75, 3.05) is 6.61 Å². The maximum Gasteiger partial charge on any atom is 0.159 e. The first-order chi connectivity index (χ1) is 14.6. The van der Waals surface area contributed by atoms with E-state index in [0.717, 1.165) is 16.8 Å². The second kappa shape index (κ2) is 9.43. The molecule has 156 valence electrons. The topological polar surface area (TPSA) is 78.3 Å². The predicted octanol–water partition coefficient (Wildman–Crippen LogP) is 2.97. The first-order valence-corrected chi connectivity index (χ1v) is 10.3. The van der Waals surface area contributed by atoms with Crippen molar-refractivity contribution in [3.8, 4) is 11.4 Å². The van der Waals surface area contributed by atoms with E-state index in [2.05, 4.69) is 10.3 Å². The highest BCUT2D eigenvalue weighted by Gasteiger charge is 2.42. The van der Waals surface area contributed by atoms with Crippen LogP contribution in [-0.2, 0) is 13.0 Å². The molecule has 1 heterocycles. The van der Waals surface area contributed by atoms with E-state index in [1.165, 1.54) is 12.1 Å². The molecular weight excluding hydrogens is 381 g/mol. The predicted molar refractivity (Wildman–Crippen MR) is 113 cm³/mol. The first kappa shape index (κ1) is 20.6. The van der Waals surface area contributed by atoms with Gasteiger partial charge < -0.3 is 15.5 Å². The zero-order valence-electron chi connectivity index (χ0n) is 16.7. The van der Waals surface area contributed by atoms with E-state index in [9.17, 15) is 14.6 Å². The minimum absolute atomic E-state index is 0.0253. The van der Waals surface area contributed by atoms with Gasteiger partial charge in [-0.25, -0.2) is 14.4 Å². The number of benzene rings is 2. The monoisotopic (exact) mass is 407 g/mol. The highest BCUT2D eigenvalue weighted by Crippen LogP contribution is 2.35. The molecule has 4 atom stereocenters. The first-order valence-electron chi connectivity index (χ1n) is 10.3. The minimum atomic E-state index is -0.568. The van der Waals surface area contributed by atoms with Crippen LogP contribution in [0.2, 0.25) is 0 Å². The fraction of sp³-hybridized carbons (Fsp3) is 0.333. The molecule has 0 spiro atoms. The summed E-state index contributed by atoms with van der Waals surface area (Å²) in [4.78, 5) is 9.10. The third-order valence-electron chi connectivity index (χ3n) is 5.94. The molecule has 5 nitrogen and oxygen atoms in total. The largest absolute Gasteiger partial charge is 0.396 e. The average Bonchev–Trinajstić information content (AvgIpc) is 3.08. The van der Waals surface area contributed by atoms with Crippen LogP contribution in [0.5, 0.6) is 0 Å². The third kappa shape index (κ3) is 4.73. The molecule has 1 aliphatic rings. The molecule has 30 heavy (non-hydrogen) atoms. The number of hydrogen-bond acceptors (Lipinski definition) is 5. The molecule has 3 aromatic rings. The second-order valence-electron chi connectivity index (χ2n) is 7.87. The number of aliphatic hydroxyl groups is 2. The van der Waals surface area contributed by atoms with Crippen LogP contribution >= 0.6 is 0 Å². The molecular formula is C24H26FN3O2. The zero-order valence-corrected chi connectivity index (χ0v) is 16.7. The molecule has 1 fully saturated rings. The molecule has 6 heteroatoms. The molecule has 0 saturated heterocycles. The van der Waals surface area contributed by atoms with Gasteiger partial charge in [-0.05, 0) is 42.5 Å². The summed E-state index contributed by atoms with van der Waals surface area (Å²) in [6, 6.07) is 18.1. The molecule has 0 radical (unpaired) electrons. The highest BCUT2D eigenvalue weighted by atomic mass is 19.1. The van der Waals surface area contributed by atoms with Gasteiger partial charge in [0.2, 0.25) is 0 Å². The van der Waals surface area contributed by atoms with Gasteiger partial charge in [-0.1, -0.05) is 42.5 Å². The van der Waals surface area contributed by atoms with Crippen LogP contribution in [0.3, 0.4) is 0 Å². The van der Waals surface area contributed by atoms with Gasteiger partial charge in [0.15, 0.2) is 5.82 Å². The summed E-state index contributed by atoms with van der Waals surface area (Å²) in [6.07, 6.45) is 2.38. The molecule has 3 N–H and O–H groups in total. The fourth-order valence-electron chi connectivity index (χ4n) is 4.31. The van der Waals surface area contributed by atoms with Crippen molar-refractivity contribution in [1.29, 1.82) is 0 Å². The van der Waals surface area contributed by atoms with Crippen molar-refractivity contribution < 1.29 is 14.6 Å². The smallest absolute Gasteiger partial charge is 0.159 e. The quantitative estimate of drug-likeness (QED) is 0.561. The molecule has 1 saturated carbocycles. The number of hydrogen-bond donors (Lipinski definition) is 3. The zero-order chi connectivity index (χ0) is 20.9. The molecule has 0 aliphatic heterocycles. The van der Waals surface area contributed by atoms with Crippen molar-refractivity contribution in [3.63, 3.8) is 0 Å². The van der Waals surface area contributed by atoms with Crippen molar-refractivity contribution in [1.82, 2.24) is 15.3 Å². The van der Waals surface area contributed by atoms with Crippen LogP contribution < -0.4 is 5.32 Å². The van der Waals surface area contributed by atoms with Gasteiger partial charge in [0.1, 0.15) is 5.82 Å². The van der Waals surface area contributed by atoms with E-state index in [1.54, 1.807) is 18.3 Å². The Bertz CT molecular complexity index is 952. The molecule has 4 unspecified atom stereocenters. The van der Waals surface area contributed by atoms with Crippen molar-refractivity contribution in [2.24, 2.45) is 11.8 Å². The van der Waals surface area contributed by atoms with Crippen molar-refractivity contribution >= 4 is 0 Å². The van der Waals surface area contributed by atoms with Gasteiger partial charge in [-0.3, -0.25) is 0 Å². The van der Waals surface area contributed by atoms with Crippen LogP contribution in [0.15, 0.2) is 66.9 Å². The van der Waals surface area contributed by atoms with E-state index in [0.29, 0.717) is 25.2 Å². The summed E-state index contributed by atoms with van der Waals surface area (Å²) in [7, 11) is 0. The van der Waals surface area contributed by atoms with E-state index in [1.807, 2.05) is 36.4 Å². The van der Waals surface area contributed by atoms with E-state index in [4.69, 9.17) is 4.98 Å². The maximum atomic E-state index is 13.1. The fourth-order valence-corrected chi connectivity index (χ4v) is 4.31. The SMILES string of the molecule is OCC1C(O)CC(NCc2ccc(F)cc2)C1Cc1ccnc(-c2ccccc2)n1. The van der Waals surface area contributed by atoms with Gasteiger partial charge in [0, 0.05) is 42.6 Å². The Hall–Kier alpha value is -2.67. The minimum Gasteiger partial charge on any atom is -0.396 e. The number of halogens is 1. The van der Waals surface area contributed by atoms with Gasteiger partial charge in [-0.15, -0.1) is 0 Å². The van der Waals surface area contributed by atoms with E-state index < -0.39 is 6.10 Å². The Kier molecular flexibility index (Phi) is 6.47. The van der Waals surface area contributed by atoms with Gasteiger partial charge in [0.05, 0.1) is 6.10 Å². The Morgan fingerprint density at radius 3 is 2.50 bits per heavy atom. The Morgan fingerprint density at radius 1 is 1.00 bits per heavy atom. The van der Waals surface area contributed by atoms with Crippen LogP contribution in [0, 0.1) is 17.7 Å². The molecule has 4 rings (SSSR count). The molecule has 0 bridgehead atoms. The summed E-state index contributed by atoms with van der Waals surface area (Å²) < 4.78 is 13.1. The van der Waals surface area contributed by atoms with Crippen LogP contribution in [0.4, 0.5) is 4.39 Å². The van der Waals surface area contributed by atoms with Crippen LogP contribution in [-0.4, -0.2) is 38.9 Å². The lowest BCUT2D eigenvalue weighted by molar-refractivity contribution is 0.0716. The lowest BCUT2D eigenvalue weighted by atomic mass is 9.88. The number of nitrogens with one attached hydrogen (secondary N) is 1. The molecule has 1 aromatic heterocycles. The number of aromatic nitrogens is 2. The molecule has 1 aliphatic carbocycles. The maximum absolute atomic E-state index is 13.1. The third-order valence-corrected chi connectivity index (χ3v) is 5.94. The summed E-state index contributed by atoms with van der Waals surface area (Å²) >= 11 is 0. The van der Waals surface area contributed by atoms with Gasteiger partial charge in [0.25, 0.3) is 0 Å². The van der Waals surface area contributed by atoms with Crippen molar-refractivity contribution in [2.45, 2.75) is 31.5 Å². The second-order valence-corrected chi connectivity index (χ2v) is 7.87. The number of rotatable bonds is 7. The van der Waals surface area contributed by atoms with Crippen LogP contribution in [0.1, 0.15) is 17.7 Å². The number of aliphatic hydroxyl groups excluding tert-OH is 2. The lowest BCUT2D eigenvalue weighted by Crippen LogP contribution is -2.36. The normalized spacial score (nSPS) is 23.6. The molecule has 2 aromatic carbocycles. The lowest BCUT2D eigenvalue weighted by Gasteiger charge is -2.25. The summed E-state index contributed by atoms with van der Waals surface area (Å²) in [5, 5.41) is 23.9. The Balaban J connectivity index is 1.50. The van der Waals surface area contributed by atoms with E-state index >= 15 is 0 Å². The Morgan fingerprint density at radius 2 is 1.77 bits per heavy atom. The van der Waals surface area contributed by atoms with Gasteiger partial charge >= 0.3 is 0 Å². The summed E-state index contributed by atoms with van der Waals surface area (Å²) in [5.74, 6) is 0.226. The van der Waals surface area contributed by atoms with E-state index in [-0.39, 0.29) is 30.3 Å². The molecule has 0 amide bonds. The number of nitrogens with zero attached hydrogens (tertiary/aromatic N) is 2. The van der Waals surface area contributed by atoms with Gasteiger partial charge in [-0.2, -0.15) is 0 Å². The van der Waals surface area contributed by atoms with Crippen LogP contribution in [0.25, 0.3) is 11.4 Å². The Labute approximate surface area is 175 Å². The summed E-state index contributed by atoms with van der Waals surface area (Å²) in [5.41, 5.74) is 2.82. The highest BCUT2D eigenvalue weighted by molar-refractivity contribution is 5.54. The summed E-state index contributed by atoms with van der Waals surface area (Å²) in [6.45, 7) is 0.503. The van der Waals surface area contributed by atoms with Crippen molar-refractivity contribution in [3.05, 3.63) is 83.9 Å². The standard InChI is InChI=1S/C24H26FN3O2/c25-18-8-6-16(7-9-18)14-27-22-13-23(30)21(15-29)20(22)12-19-10-11-26-24(28-19)17-4-2-1-3-5-17/h1-11,20-23,27,29-30H,12-15H2.